The highest BCUT2D eigenvalue weighted by molar-refractivity contribution is 7.25. The average Bonchev–Trinajstić information content (AvgIpc) is 3.40. The largest absolute Gasteiger partial charge is 0.315 e. The summed E-state index contributed by atoms with van der Waals surface area (Å²) in [4.78, 5) is 0. The van der Waals surface area contributed by atoms with Crippen molar-refractivity contribution in [2.75, 3.05) is 0 Å². The van der Waals surface area contributed by atoms with Crippen LogP contribution in [0.5, 0.6) is 0 Å². The van der Waals surface area contributed by atoms with Gasteiger partial charge in [0.05, 0.1) is 11.0 Å². The van der Waals surface area contributed by atoms with Gasteiger partial charge in [0.2, 0.25) is 0 Å². The van der Waals surface area contributed by atoms with Crippen LogP contribution in [0, 0.1) is 0 Å². The van der Waals surface area contributed by atoms with Crippen LogP contribution < -0.4 is 0 Å². The van der Waals surface area contributed by atoms with E-state index in [9.17, 15) is 0 Å². The Morgan fingerprint density at radius 3 is 2.00 bits per heavy atom. The number of thiophene rings is 1. The van der Waals surface area contributed by atoms with Gasteiger partial charge in [0.25, 0.3) is 0 Å². The van der Waals surface area contributed by atoms with Gasteiger partial charge in [-0.3, -0.25) is 0 Å². The second-order valence-electron chi connectivity index (χ2n) is 8.64. The summed E-state index contributed by atoms with van der Waals surface area (Å²) in [6, 6.07) is 35.8. The average molecular weight is 424 g/mol. The first-order chi connectivity index (χ1) is 15.8. The zero-order valence-corrected chi connectivity index (χ0v) is 18.0. The third kappa shape index (κ3) is 2.08. The van der Waals surface area contributed by atoms with Crippen molar-refractivity contribution in [1.82, 2.24) is 4.40 Å². The van der Waals surface area contributed by atoms with Crippen molar-refractivity contribution in [1.29, 1.82) is 0 Å². The minimum absolute atomic E-state index is 1.28. The maximum atomic E-state index is 2.42. The maximum absolute atomic E-state index is 2.42. The normalized spacial score (nSPS) is 12.4. The third-order valence-electron chi connectivity index (χ3n) is 6.91. The van der Waals surface area contributed by atoms with Gasteiger partial charge >= 0.3 is 0 Å². The molecule has 0 aliphatic heterocycles. The van der Waals surface area contributed by atoms with Crippen LogP contribution in [-0.2, 0) is 0 Å². The van der Waals surface area contributed by atoms with Gasteiger partial charge in [0.1, 0.15) is 0 Å². The predicted octanol–water partition coefficient (Wildman–Crippen LogP) is 8.92. The van der Waals surface area contributed by atoms with Gasteiger partial charge < -0.3 is 4.40 Å². The Bertz CT molecular complexity index is 2040. The van der Waals surface area contributed by atoms with Crippen LogP contribution >= 0.6 is 11.3 Å². The molecule has 0 saturated heterocycles. The summed E-state index contributed by atoms with van der Waals surface area (Å²) in [5, 5.41) is 11.8. The summed E-state index contributed by atoms with van der Waals surface area (Å²) >= 11 is 1.89. The van der Waals surface area contributed by atoms with Crippen molar-refractivity contribution < 1.29 is 0 Å². The van der Waals surface area contributed by atoms with Crippen molar-refractivity contribution in [3.8, 4) is 0 Å². The van der Waals surface area contributed by atoms with Crippen LogP contribution in [0.1, 0.15) is 0 Å². The zero-order chi connectivity index (χ0) is 20.8. The van der Waals surface area contributed by atoms with E-state index in [1.165, 1.54) is 68.9 Å². The Balaban J connectivity index is 1.72. The van der Waals surface area contributed by atoms with E-state index >= 15 is 0 Å². The number of hydrogen-bond donors (Lipinski definition) is 0. The Kier molecular flexibility index (Phi) is 3.08. The summed E-state index contributed by atoms with van der Waals surface area (Å²) in [6.45, 7) is 0. The smallest absolute Gasteiger partial charge is 0.0613 e. The summed E-state index contributed by atoms with van der Waals surface area (Å²) in [5.41, 5.74) is 2.58. The second-order valence-corrected chi connectivity index (χ2v) is 9.73. The van der Waals surface area contributed by atoms with Crippen LogP contribution in [0.2, 0.25) is 0 Å². The fraction of sp³-hybridized carbons (Fsp3) is 0. The summed E-state index contributed by atoms with van der Waals surface area (Å²) in [7, 11) is 0. The zero-order valence-electron chi connectivity index (χ0n) is 17.2. The standard InChI is InChI=1S/C30H17NS/c1-2-8-19-14-26-23(13-18(19)7-1)24-15-25-22-11-5-6-12-28(22)32-29(25)16-27(24)31-17-20-9-3-4-10-21(20)30(26)31/h1-17H. The van der Waals surface area contributed by atoms with Crippen LogP contribution in [0.3, 0.4) is 0 Å². The first-order valence-corrected chi connectivity index (χ1v) is 11.8. The molecule has 0 radical (unpaired) electrons. The van der Waals surface area contributed by atoms with Crippen LogP contribution in [0.4, 0.5) is 0 Å². The minimum atomic E-state index is 1.28. The molecule has 5 aromatic carbocycles. The van der Waals surface area contributed by atoms with E-state index in [0.29, 0.717) is 0 Å². The second kappa shape index (κ2) is 5.87. The van der Waals surface area contributed by atoms with Gasteiger partial charge in [-0.1, -0.05) is 66.7 Å². The first-order valence-electron chi connectivity index (χ1n) is 10.9. The van der Waals surface area contributed by atoms with Crippen molar-refractivity contribution in [3.05, 3.63) is 103 Å². The van der Waals surface area contributed by atoms with Gasteiger partial charge in [-0.2, -0.15) is 0 Å². The molecule has 0 unspecified atom stereocenters. The summed E-state index contributed by atoms with van der Waals surface area (Å²) in [6.07, 6.45) is 2.31. The fourth-order valence-electron chi connectivity index (χ4n) is 5.46. The lowest BCUT2D eigenvalue weighted by atomic mass is 9.98. The quantitative estimate of drug-likeness (QED) is 0.169. The lowest BCUT2D eigenvalue weighted by Crippen LogP contribution is -1.90. The molecule has 0 N–H and O–H groups in total. The molecule has 2 heteroatoms. The lowest BCUT2D eigenvalue weighted by Gasteiger charge is -2.12. The fourth-order valence-corrected chi connectivity index (χ4v) is 6.58. The van der Waals surface area contributed by atoms with E-state index in [1.54, 1.807) is 0 Å². The molecule has 0 spiro atoms. The number of fused-ring (bicyclic) bond motifs is 12. The van der Waals surface area contributed by atoms with Crippen LogP contribution in [0.25, 0.3) is 68.9 Å². The molecule has 32 heavy (non-hydrogen) atoms. The Morgan fingerprint density at radius 2 is 1.16 bits per heavy atom. The van der Waals surface area contributed by atoms with Crippen molar-refractivity contribution >= 4 is 80.2 Å². The molecule has 0 atom stereocenters. The number of aromatic nitrogens is 1. The van der Waals surface area contributed by atoms with E-state index in [1.807, 2.05) is 11.3 Å². The molecule has 148 valence electrons. The molecule has 8 aromatic rings. The van der Waals surface area contributed by atoms with Crippen molar-refractivity contribution in [2.45, 2.75) is 0 Å². The summed E-state index contributed by atoms with van der Waals surface area (Å²) < 4.78 is 5.11. The van der Waals surface area contributed by atoms with Gasteiger partial charge in [0, 0.05) is 47.9 Å². The molecule has 3 aromatic heterocycles. The van der Waals surface area contributed by atoms with E-state index in [0.717, 1.165) is 0 Å². The van der Waals surface area contributed by atoms with E-state index in [-0.39, 0.29) is 0 Å². The number of pyridine rings is 1. The minimum Gasteiger partial charge on any atom is -0.315 e. The summed E-state index contributed by atoms with van der Waals surface area (Å²) in [5.74, 6) is 0. The molecule has 0 bridgehead atoms. The molecule has 0 amide bonds. The Hall–Kier alpha value is -3.88. The Morgan fingerprint density at radius 1 is 0.469 bits per heavy atom. The monoisotopic (exact) mass is 423 g/mol. The number of benzene rings is 5. The van der Waals surface area contributed by atoms with Gasteiger partial charge in [-0.05, 0) is 46.5 Å². The molecule has 0 aliphatic carbocycles. The molecule has 0 saturated carbocycles. The SMILES string of the molecule is c1ccc2cc3c(cc2c1)c1cc2c(cc1n1cc4ccccc4c31)sc1ccccc12. The predicted molar refractivity (Wildman–Crippen MR) is 140 cm³/mol. The number of hydrogen-bond acceptors (Lipinski definition) is 1. The molecule has 0 aliphatic rings. The van der Waals surface area contributed by atoms with E-state index in [2.05, 4.69) is 108 Å². The highest BCUT2D eigenvalue weighted by Crippen LogP contribution is 2.41. The van der Waals surface area contributed by atoms with Crippen molar-refractivity contribution in [2.24, 2.45) is 0 Å². The Labute approximate surface area is 187 Å². The highest BCUT2D eigenvalue weighted by Gasteiger charge is 2.15. The van der Waals surface area contributed by atoms with Crippen LogP contribution in [0.15, 0.2) is 103 Å². The molecule has 0 fully saturated rings. The molecular formula is C30H17NS. The van der Waals surface area contributed by atoms with E-state index in [4.69, 9.17) is 0 Å². The number of rotatable bonds is 0. The van der Waals surface area contributed by atoms with Gasteiger partial charge in [-0.15, -0.1) is 11.3 Å². The third-order valence-corrected chi connectivity index (χ3v) is 8.04. The van der Waals surface area contributed by atoms with Crippen LogP contribution in [-0.4, -0.2) is 4.40 Å². The van der Waals surface area contributed by atoms with Gasteiger partial charge in [0.15, 0.2) is 0 Å². The molecule has 3 heterocycles. The molecule has 8 rings (SSSR count). The van der Waals surface area contributed by atoms with Crippen molar-refractivity contribution in [3.63, 3.8) is 0 Å². The van der Waals surface area contributed by atoms with E-state index < -0.39 is 0 Å². The molecule has 1 nitrogen and oxygen atoms in total. The van der Waals surface area contributed by atoms with Gasteiger partial charge in [-0.25, -0.2) is 0 Å². The lowest BCUT2D eigenvalue weighted by molar-refractivity contribution is 1.30. The molecular weight excluding hydrogens is 406 g/mol. The number of nitrogens with zero attached hydrogens (tertiary/aromatic N) is 1. The topological polar surface area (TPSA) is 4.41 Å². The highest BCUT2D eigenvalue weighted by atomic mass is 32.1. The maximum Gasteiger partial charge on any atom is 0.0613 e. The first kappa shape index (κ1) is 16.8.